The SMILES string of the molecule is CCOC(=O)[C@]1(Cc2cccc(Cl)c2)CCCN(C(=O)C2=C(C)OCCO2)C1. The third-order valence-corrected chi connectivity index (χ3v) is 5.40. The number of hydrogen-bond acceptors (Lipinski definition) is 5. The van der Waals surface area contributed by atoms with Crippen LogP contribution in [0, 0.1) is 5.41 Å². The molecule has 1 saturated heterocycles. The number of benzene rings is 1. The first-order chi connectivity index (χ1) is 13.4. The summed E-state index contributed by atoms with van der Waals surface area (Å²) in [6, 6.07) is 7.46. The zero-order valence-corrected chi connectivity index (χ0v) is 17.1. The van der Waals surface area contributed by atoms with Crippen LogP contribution in [0.5, 0.6) is 0 Å². The van der Waals surface area contributed by atoms with Crippen molar-refractivity contribution in [3.05, 3.63) is 46.4 Å². The van der Waals surface area contributed by atoms with E-state index in [9.17, 15) is 9.59 Å². The molecule has 2 aliphatic rings. The summed E-state index contributed by atoms with van der Waals surface area (Å²) in [5.74, 6) is 0.197. The first kappa shape index (κ1) is 20.5. The third kappa shape index (κ3) is 4.43. The normalized spacial score (nSPS) is 22.3. The van der Waals surface area contributed by atoms with Gasteiger partial charge in [0.25, 0.3) is 5.91 Å². The van der Waals surface area contributed by atoms with E-state index in [4.69, 9.17) is 25.8 Å². The monoisotopic (exact) mass is 407 g/mol. The lowest BCUT2D eigenvalue weighted by molar-refractivity contribution is -0.161. The van der Waals surface area contributed by atoms with Crippen LogP contribution in [0.15, 0.2) is 35.8 Å². The summed E-state index contributed by atoms with van der Waals surface area (Å²) >= 11 is 6.13. The van der Waals surface area contributed by atoms with Crippen LogP contribution in [0.1, 0.15) is 32.3 Å². The summed E-state index contributed by atoms with van der Waals surface area (Å²) in [5, 5.41) is 0.619. The second-order valence-corrected chi connectivity index (χ2v) is 7.66. The highest BCUT2D eigenvalue weighted by atomic mass is 35.5. The van der Waals surface area contributed by atoms with E-state index in [1.807, 2.05) is 18.2 Å². The lowest BCUT2D eigenvalue weighted by atomic mass is 9.75. The molecule has 0 N–H and O–H groups in total. The number of amides is 1. The van der Waals surface area contributed by atoms with Crippen molar-refractivity contribution >= 4 is 23.5 Å². The van der Waals surface area contributed by atoms with Crippen LogP contribution in [0.2, 0.25) is 5.02 Å². The Balaban J connectivity index is 1.87. The molecule has 0 radical (unpaired) electrons. The molecule has 28 heavy (non-hydrogen) atoms. The lowest BCUT2D eigenvalue weighted by Gasteiger charge is -2.41. The van der Waals surface area contributed by atoms with E-state index in [-0.39, 0.29) is 24.2 Å². The van der Waals surface area contributed by atoms with Gasteiger partial charge in [0.2, 0.25) is 5.76 Å². The number of nitrogens with zero attached hydrogens (tertiary/aromatic N) is 1. The average Bonchev–Trinajstić information content (AvgIpc) is 2.68. The van der Waals surface area contributed by atoms with Crippen molar-refractivity contribution in [1.82, 2.24) is 4.90 Å². The minimum atomic E-state index is -0.807. The van der Waals surface area contributed by atoms with Crippen molar-refractivity contribution in [2.24, 2.45) is 5.41 Å². The number of carbonyl (C=O) groups is 2. The minimum absolute atomic E-state index is 0.230. The third-order valence-electron chi connectivity index (χ3n) is 5.17. The zero-order valence-electron chi connectivity index (χ0n) is 16.3. The van der Waals surface area contributed by atoms with Gasteiger partial charge in [-0.25, -0.2) is 0 Å². The molecule has 1 atom stereocenters. The summed E-state index contributed by atoms with van der Waals surface area (Å²) in [6.07, 6.45) is 1.82. The van der Waals surface area contributed by atoms with Gasteiger partial charge in [-0.05, 0) is 50.8 Å². The highest BCUT2D eigenvalue weighted by molar-refractivity contribution is 6.30. The Morgan fingerprint density at radius 2 is 2.07 bits per heavy atom. The number of allylic oxidation sites excluding steroid dienone is 1. The molecule has 0 aliphatic carbocycles. The first-order valence-electron chi connectivity index (χ1n) is 9.62. The maximum absolute atomic E-state index is 13.0. The summed E-state index contributed by atoms with van der Waals surface area (Å²) in [7, 11) is 0. The Labute approximate surface area is 170 Å². The number of ether oxygens (including phenoxy) is 3. The molecule has 7 heteroatoms. The van der Waals surface area contributed by atoms with E-state index in [1.165, 1.54) is 0 Å². The fourth-order valence-corrected chi connectivity index (χ4v) is 4.08. The molecule has 1 fully saturated rings. The largest absolute Gasteiger partial charge is 0.491 e. The maximum Gasteiger partial charge on any atom is 0.314 e. The summed E-state index contributed by atoms with van der Waals surface area (Å²) in [4.78, 5) is 27.7. The van der Waals surface area contributed by atoms with E-state index in [2.05, 4.69) is 0 Å². The van der Waals surface area contributed by atoms with E-state index in [1.54, 1.807) is 24.8 Å². The van der Waals surface area contributed by atoms with Crippen molar-refractivity contribution in [2.45, 2.75) is 33.1 Å². The Kier molecular flexibility index (Phi) is 6.50. The molecule has 1 aromatic carbocycles. The quantitative estimate of drug-likeness (QED) is 0.700. The van der Waals surface area contributed by atoms with Crippen LogP contribution in [0.3, 0.4) is 0 Å². The zero-order chi connectivity index (χ0) is 20.1. The van der Waals surface area contributed by atoms with Crippen LogP contribution in [0.4, 0.5) is 0 Å². The predicted molar refractivity (Wildman–Crippen MR) is 105 cm³/mol. The second-order valence-electron chi connectivity index (χ2n) is 7.22. The van der Waals surface area contributed by atoms with Crippen LogP contribution in [0.25, 0.3) is 0 Å². The Morgan fingerprint density at radius 1 is 1.29 bits per heavy atom. The van der Waals surface area contributed by atoms with E-state index in [0.717, 1.165) is 5.56 Å². The van der Waals surface area contributed by atoms with Gasteiger partial charge in [-0.2, -0.15) is 0 Å². The van der Waals surface area contributed by atoms with Crippen LogP contribution in [-0.2, 0) is 30.2 Å². The molecule has 152 valence electrons. The van der Waals surface area contributed by atoms with Crippen molar-refractivity contribution in [3.8, 4) is 0 Å². The molecule has 2 aliphatic heterocycles. The molecular formula is C21H26ClNO5. The molecule has 0 aromatic heterocycles. The second kappa shape index (κ2) is 8.86. The number of piperidine rings is 1. The van der Waals surface area contributed by atoms with Crippen LogP contribution >= 0.6 is 11.6 Å². The van der Waals surface area contributed by atoms with E-state index >= 15 is 0 Å². The van der Waals surface area contributed by atoms with Gasteiger partial charge in [-0.1, -0.05) is 23.7 Å². The molecule has 1 aromatic rings. The number of esters is 1. The summed E-state index contributed by atoms with van der Waals surface area (Å²) in [6.45, 7) is 5.43. The summed E-state index contributed by atoms with van der Waals surface area (Å²) in [5.41, 5.74) is 0.140. The lowest BCUT2D eigenvalue weighted by Crippen LogP contribution is -2.52. The van der Waals surface area contributed by atoms with E-state index in [0.29, 0.717) is 56.4 Å². The minimum Gasteiger partial charge on any atom is -0.491 e. The van der Waals surface area contributed by atoms with Crippen LogP contribution in [-0.4, -0.2) is 49.7 Å². The Bertz CT molecular complexity index is 778. The molecule has 0 bridgehead atoms. The fraction of sp³-hybridized carbons (Fsp3) is 0.524. The average molecular weight is 408 g/mol. The van der Waals surface area contributed by atoms with Crippen molar-refractivity contribution in [3.63, 3.8) is 0 Å². The molecule has 0 saturated carbocycles. The smallest absolute Gasteiger partial charge is 0.314 e. The van der Waals surface area contributed by atoms with Gasteiger partial charge in [0, 0.05) is 18.1 Å². The van der Waals surface area contributed by atoms with Crippen molar-refractivity contribution in [2.75, 3.05) is 32.9 Å². The molecule has 3 rings (SSSR count). The number of hydrogen-bond donors (Lipinski definition) is 0. The van der Waals surface area contributed by atoms with Crippen molar-refractivity contribution < 1.29 is 23.8 Å². The number of rotatable bonds is 5. The van der Waals surface area contributed by atoms with Crippen LogP contribution < -0.4 is 0 Å². The van der Waals surface area contributed by atoms with Gasteiger partial charge >= 0.3 is 5.97 Å². The van der Waals surface area contributed by atoms with Gasteiger partial charge in [-0.3, -0.25) is 9.59 Å². The predicted octanol–water partition coefficient (Wildman–Crippen LogP) is 3.33. The highest BCUT2D eigenvalue weighted by Crippen LogP contribution is 2.36. The molecule has 0 unspecified atom stereocenters. The van der Waals surface area contributed by atoms with Crippen molar-refractivity contribution in [1.29, 1.82) is 0 Å². The van der Waals surface area contributed by atoms with Gasteiger partial charge < -0.3 is 19.1 Å². The topological polar surface area (TPSA) is 65.1 Å². The molecule has 0 spiro atoms. The first-order valence-corrected chi connectivity index (χ1v) is 10.0. The molecule has 6 nitrogen and oxygen atoms in total. The molecule has 1 amide bonds. The van der Waals surface area contributed by atoms with Gasteiger partial charge in [0.1, 0.15) is 19.0 Å². The standard InChI is InChI=1S/C21H26ClNO5/c1-3-26-20(25)21(13-16-6-4-7-17(22)12-16)8-5-9-23(14-21)19(24)18-15(2)27-10-11-28-18/h4,6-7,12H,3,5,8-11,13-14H2,1-2H3/t21-/m0/s1. The van der Waals surface area contributed by atoms with Gasteiger partial charge in [0.05, 0.1) is 12.0 Å². The molecular weight excluding hydrogens is 382 g/mol. The maximum atomic E-state index is 13.0. The fourth-order valence-electron chi connectivity index (χ4n) is 3.87. The summed E-state index contributed by atoms with van der Waals surface area (Å²) < 4.78 is 16.4. The molecule has 2 heterocycles. The number of halogens is 1. The van der Waals surface area contributed by atoms with E-state index < -0.39 is 5.41 Å². The highest BCUT2D eigenvalue weighted by Gasteiger charge is 2.45. The number of likely N-dealkylation sites (tertiary alicyclic amines) is 1. The van der Waals surface area contributed by atoms with Gasteiger partial charge in [-0.15, -0.1) is 0 Å². The Morgan fingerprint density at radius 3 is 2.79 bits per heavy atom. The van der Waals surface area contributed by atoms with Gasteiger partial charge in [0.15, 0.2) is 0 Å². The number of carbonyl (C=O) groups excluding carboxylic acids is 2. The Hall–Kier alpha value is -2.21.